The van der Waals surface area contributed by atoms with Crippen LogP contribution >= 0.6 is 0 Å². The lowest BCUT2D eigenvalue weighted by Crippen LogP contribution is -2.45. The molecule has 2 heteroatoms. The van der Waals surface area contributed by atoms with Gasteiger partial charge in [0.1, 0.15) is 0 Å². The molecule has 0 aromatic rings. The maximum absolute atomic E-state index is 8.76. The fourth-order valence-electron chi connectivity index (χ4n) is 2.19. The first-order valence-electron chi connectivity index (χ1n) is 5.30. The zero-order valence-corrected chi connectivity index (χ0v) is 8.95. The van der Waals surface area contributed by atoms with Crippen LogP contribution in [0.15, 0.2) is 0 Å². The summed E-state index contributed by atoms with van der Waals surface area (Å²) in [7, 11) is 0. The monoisotopic (exact) mass is 180 g/mol. The summed E-state index contributed by atoms with van der Waals surface area (Å²) in [4.78, 5) is 2.48. The number of nitriles is 1. The first-order chi connectivity index (χ1) is 6.15. The Bertz CT molecular complexity index is 185. The summed E-state index contributed by atoms with van der Waals surface area (Å²) in [5.41, 5.74) is 0. The Labute approximate surface area is 81.5 Å². The highest BCUT2D eigenvalue weighted by Gasteiger charge is 2.25. The van der Waals surface area contributed by atoms with Crippen LogP contribution in [0.3, 0.4) is 0 Å². The van der Waals surface area contributed by atoms with Crippen molar-refractivity contribution in [3.05, 3.63) is 0 Å². The van der Waals surface area contributed by atoms with E-state index in [0.717, 1.165) is 6.54 Å². The molecule has 1 saturated heterocycles. The molecule has 1 unspecified atom stereocenters. The number of rotatable bonds is 2. The van der Waals surface area contributed by atoms with Crippen LogP contribution in [0.1, 0.15) is 40.0 Å². The van der Waals surface area contributed by atoms with Crippen molar-refractivity contribution in [1.29, 1.82) is 5.26 Å². The molecular weight excluding hydrogens is 160 g/mol. The second-order valence-corrected chi connectivity index (χ2v) is 4.36. The van der Waals surface area contributed by atoms with Crippen LogP contribution in [-0.2, 0) is 0 Å². The van der Waals surface area contributed by atoms with E-state index in [1.165, 1.54) is 19.3 Å². The number of nitrogens with zero attached hydrogens (tertiary/aromatic N) is 2. The number of likely N-dealkylation sites (tertiary alicyclic amines) is 1. The van der Waals surface area contributed by atoms with E-state index in [2.05, 4.69) is 24.8 Å². The molecule has 0 aromatic heterocycles. The van der Waals surface area contributed by atoms with Gasteiger partial charge in [-0.2, -0.15) is 5.26 Å². The summed E-state index contributed by atoms with van der Waals surface area (Å²) in [5, 5.41) is 8.76. The SMILES string of the molecule is CC(C#N)CN1[C@H](C)CCC[C@@H]1C. The van der Waals surface area contributed by atoms with Gasteiger partial charge >= 0.3 is 0 Å². The van der Waals surface area contributed by atoms with Crippen LogP contribution in [0.25, 0.3) is 0 Å². The molecular formula is C11H20N2. The second kappa shape index (κ2) is 4.62. The highest BCUT2D eigenvalue weighted by molar-refractivity contribution is 4.87. The minimum absolute atomic E-state index is 0.169. The first-order valence-corrected chi connectivity index (χ1v) is 5.30. The summed E-state index contributed by atoms with van der Waals surface area (Å²) in [5.74, 6) is 0.169. The average molecular weight is 180 g/mol. The molecule has 3 atom stereocenters. The summed E-state index contributed by atoms with van der Waals surface area (Å²) in [6.45, 7) is 7.51. The zero-order valence-electron chi connectivity index (χ0n) is 8.95. The molecule has 1 fully saturated rings. The molecule has 1 heterocycles. The van der Waals surface area contributed by atoms with Gasteiger partial charge in [0.05, 0.1) is 12.0 Å². The van der Waals surface area contributed by atoms with E-state index in [0.29, 0.717) is 12.1 Å². The highest BCUT2D eigenvalue weighted by atomic mass is 15.2. The summed E-state index contributed by atoms with van der Waals surface area (Å²) >= 11 is 0. The largest absolute Gasteiger partial charge is 0.297 e. The van der Waals surface area contributed by atoms with Crippen LogP contribution in [0.4, 0.5) is 0 Å². The summed E-state index contributed by atoms with van der Waals surface area (Å²) in [6, 6.07) is 3.64. The van der Waals surface area contributed by atoms with E-state index < -0.39 is 0 Å². The van der Waals surface area contributed by atoms with Crippen LogP contribution < -0.4 is 0 Å². The third-order valence-corrected chi connectivity index (χ3v) is 3.08. The van der Waals surface area contributed by atoms with Crippen LogP contribution in [-0.4, -0.2) is 23.5 Å². The molecule has 1 rings (SSSR count). The van der Waals surface area contributed by atoms with E-state index in [9.17, 15) is 0 Å². The van der Waals surface area contributed by atoms with E-state index in [1.54, 1.807) is 0 Å². The van der Waals surface area contributed by atoms with Crippen molar-refractivity contribution in [3.63, 3.8) is 0 Å². The maximum atomic E-state index is 8.76. The molecule has 0 saturated carbocycles. The van der Waals surface area contributed by atoms with E-state index in [4.69, 9.17) is 5.26 Å². The number of hydrogen-bond acceptors (Lipinski definition) is 2. The Balaban J connectivity index is 2.49. The van der Waals surface area contributed by atoms with Gasteiger partial charge in [0, 0.05) is 18.6 Å². The lowest BCUT2D eigenvalue weighted by molar-refractivity contribution is 0.0947. The predicted octanol–water partition coefficient (Wildman–Crippen LogP) is 2.41. The third kappa shape index (κ3) is 2.70. The molecule has 2 nitrogen and oxygen atoms in total. The van der Waals surface area contributed by atoms with E-state index in [-0.39, 0.29) is 5.92 Å². The maximum Gasteiger partial charge on any atom is 0.0666 e. The fourth-order valence-corrected chi connectivity index (χ4v) is 2.19. The molecule has 0 radical (unpaired) electrons. The molecule has 0 spiro atoms. The average Bonchev–Trinajstić information content (AvgIpc) is 2.11. The summed E-state index contributed by atoms with van der Waals surface area (Å²) < 4.78 is 0. The van der Waals surface area contributed by atoms with Crippen molar-refractivity contribution >= 4 is 0 Å². The van der Waals surface area contributed by atoms with Gasteiger partial charge in [-0.15, -0.1) is 0 Å². The Morgan fingerprint density at radius 2 is 1.92 bits per heavy atom. The molecule has 0 aliphatic carbocycles. The number of hydrogen-bond donors (Lipinski definition) is 0. The standard InChI is InChI=1S/C11H20N2/c1-9(7-12)8-13-10(2)5-4-6-11(13)3/h9-11H,4-6,8H2,1-3H3/t9?,10-,11+. The molecule has 0 bridgehead atoms. The van der Waals surface area contributed by atoms with E-state index in [1.807, 2.05) is 6.92 Å². The van der Waals surface area contributed by atoms with Crippen molar-refractivity contribution in [1.82, 2.24) is 4.90 Å². The van der Waals surface area contributed by atoms with Gasteiger partial charge in [0.15, 0.2) is 0 Å². The summed E-state index contributed by atoms with van der Waals surface area (Å²) in [6.07, 6.45) is 3.94. The normalized spacial score (nSPS) is 32.5. The van der Waals surface area contributed by atoms with Crippen LogP contribution in [0, 0.1) is 17.2 Å². The smallest absolute Gasteiger partial charge is 0.0666 e. The van der Waals surface area contributed by atoms with Gasteiger partial charge in [-0.05, 0) is 33.6 Å². The Morgan fingerprint density at radius 3 is 2.38 bits per heavy atom. The molecule has 1 aliphatic rings. The molecule has 0 N–H and O–H groups in total. The van der Waals surface area contributed by atoms with Crippen molar-refractivity contribution in [2.24, 2.45) is 5.92 Å². The van der Waals surface area contributed by atoms with Crippen molar-refractivity contribution < 1.29 is 0 Å². The van der Waals surface area contributed by atoms with Gasteiger partial charge in [-0.25, -0.2) is 0 Å². The van der Waals surface area contributed by atoms with Crippen molar-refractivity contribution in [2.45, 2.75) is 52.1 Å². The topological polar surface area (TPSA) is 27.0 Å². The van der Waals surface area contributed by atoms with Gasteiger partial charge < -0.3 is 0 Å². The van der Waals surface area contributed by atoms with Crippen LogP contribution in [0.2, 0.25) is 0 Å². The minimum Gasteiger partial charge on any atom is -0.297 e. The Morgan fingerprint density at radius 1 is 1.38 bits per heavy atom. The zero-order chi connectivity index (χ0) is 9.84. The predicted molar refractivity (Wildman–Crippen MR) is 54.3 cm³/mol. The van der Waals surface area contributed by atoms with Gasteiger partial charge in [0.2, 0.25) is 0 Å². The lowest BCUT2D eigenvalue weighted by Gasteiger charge is -2.39. The lowest BCUT2D eigenvalue weighted by atomic mass is 9.96. The fraction of sp³-hybridized carbons (Fsp3) is 0.909. The molecule has 0 aromatic carbocycles. The number of piperidine rings is 1. The molecule has 13 heavy (non-hydrogen) atoms. The quantitative estimate of drug-likeness (QED) is 0.652. The Hall–Kier alpha value is -0.550. The van der Waals surface area contributed by atoms with E-state index >= 15 is 0 Å². The van der Waals surface area contributed by atoms with Gasteiger partial charge in [0.25, 0.3) is 0 Å². The van der Waals surface area contributed by atoms with Gasteiger partial charge in [-0.3, -0.25) is 4.90 Å². The minimum atomic E-state index is 0.169. The molecule has 1 aliphatic heterocycles. The third-order valence-electron chi connectivity index (χ3n) is 3.08. The second-order valence-electron chi connectivity index (χ2n) is 4.36. The van der Waals surface area contributed by atoms with Crippen LogP contribution in [0.5, 0.6) is 0 Å². The molecule has 0 amide bonds. The first kappa shape index (κ1) is 10.5. The Kier molecular flexibility index (Phi) is 3.74. The highest BCUT2D eigenvalue weighted by Crippen LogP contribution is 2.23. The van der Waals surface area contributed by atoms with Crippen molar-refractivity contribution in [2.75, 3.05) is 6.54 Å². The molecule has 74 valence electrons. The van der Waals surface area contributed by atoms with Crippen molar-refractivity contribution in [3.8, 4) is 6.07 Å². The van der Waals surface area contributed by atoms with Gasteiger partial charge in [-0.1, -0.05) is 6.42 Å².